The summed E-state index contributed by atoms with van der Waals surface area (Å²) >= 11 is 0. The van der Waals surface area contributed by atoms with Crippen LogP contribution in [0.4, 0.5) is 0 Å². The van der Waals surface area contributed by atoms with Crippen molar-refractivity contribution in [2.45, 2.75) is 26.2 Å². The monoisotopic (exact) mass is 177 g/mol. The van der Waals surface area contributed by atoms with Crippen molar-refractivity contribution in [2.24, 2.45) is 15.7 Å². The Labute approximate surface area is 78.8 Å². The lowest BCUT2D eigenvalue weighted by Crippen LogP contribution is -1.91. The average molecular weight is 177 g/mol. The Morgan fingerprint density at radius 2 is 2.46 bits per heavy atom. The number of hydrogen-bond acceptors (Lipinski definition) is 1. The van der Waals surface area contributed by atoms with Crippen molar-refractivity contribution in [1.82, 2.24) is 0 Å². The molecule has 0 saturated heterocycles. The van der Waals surface area contributed by atoms with Gasteiger partial charge in [0.1, 0.15) is 6.34 Å². The second-order valence-corrected chi connectivity index (χ2v) is 2.85. The molecule has 0 fully saturated rings. The zero-order valence-corrected chi connectivity index (χ0v) is 7.90. The van der Waals surface area contributed by atoms with Crippen LogP contribution in [0.3, 0.4) is 0 Å². The summed E-state index contributed by atoms with van der Waals surface area (Å²) in [5.74, 6) is 0. The number of aliphatic imine (C=N–C) groups is 2. The molecule has 0 aliphatic heterocycles. The molecule has 1 aliphatic carbocycles. The van der Waals surface area contributed by atoms with Crippen LogP contribution in [0.15, 0.2) is 33.4 Å². The fourth-order valence-corrected chi connectivity index (χ4v) is 1.24. The largest absolute Gasteiger partial charge is 0.390 e. The van der Waals surface area contributed by atoms with E-state index in [9.17, 15) is 0 Å². The van der Waals surface area contributed by atoms with E-state index in [1.807, 2.05) is 0 Å². The summed E-state index contributed by atoms with van der Waals surface area (Å²) in [6, 6.07) is 0. The first-order chi connectivity index (χ1) is 6.36. The Morgan fingerprint density at radius 1 is 1.62 bits per heavy atom. The zero-order valence-electron chi connectivity index (χ0n) is 7.90. The SMILES string of the molecule is CCC1=CCCC(N=CN=CN)=C1. The maximum atomic E-state index is 5.08. The maximum Gasteiger partial charge on any atom is 0.117 e. The van der Waals surface area contributed by atoms with Crippen LogP contribution in [0.2, 0.25) is 0 Å². The Bertz CT molecular complexity index is 272. The van der Waals surface area contributed by atoms with Crippen LogP contribution < -0.4 is 5.73 Å². The van der Waals surface area contributed by atoms with Crippen molar-refractivity contribution in [2.75, 3.05) is 0 Å². The van der Waals surface area contributed by atoms with Gasteiger partial charge in [0.05, 0.1) is 6.34 Å². The van der Waals surface area contributed by atoms with Gasteiger partial charge in [-0.1, -0.05) is 18.6 Å². The van der Waals surface area contributed by atoms with E-state index >= 15 is 0 Å². The Kier molecular flexibility index (Phi) is 3.96. The molecule has 0 atom stereocenters. The quantitative estimate of drug-likeness (QED) is 0.520. The van der Waals surface area contributed by atoms with Gasteiger partial charge in [0.15, 0.2) is 0 Å². The molecule has 0 amide bonds. The van der Waals surface area contributed by atoms with Crippen LogP contribution in [0, 0.1) is 0 Å². The predicted molar refractivity (Wildman–Crippen MR) is 56.9 cm³/mol. The van der Waals surface area contributed by atoms with E-state index in [1.165, 1.54) is 18.3 Å². The lowest BCUT2D eigenvalue weighted by atomic mass is 10.0. The van der Waals surface area contributed by atoms with E-state index in [4.69, 9.17) is 5.73 Å². The minimum Gasteiger partial charge on any atom is -0.390 e. The highest BCUT2D eigenvalue weighted by atomic mass is 14.9. The highest BCUT2D eigenvalue weighted by molar-refractivity contribution is 5.70. The molecule has 0 aromatic heterocycles. The summed E-state index contributed by atoms with van der Waals surface area (Å²) in [6.07, 6.45) is 10.3. The molecule has 3 heteroatoms. The van der Waals surface area contributed by atoms with Gasteiger partial charge in [-0.15, -0.1) is 0 Å². The summed E-state index contributed by atoms with van der Waals surface area (Å²) in [7, 11) is 0. The third kappa shape index (κ3) is 3.23. The van der Waals surface area contributed by atoms with E-state index in [-0.39, 0.29) is 0 Å². The molecule has 1 aliphatic rings. The molecule has 70 valence electrons. The van der Waals surface area contributed by atoms with Crippen molar-refractivity contribution < 1.29 is 0 Å². The summed E-state index contributed by atoms with van der Waals surface area (Å²) in [5, 5.41) is 0. The first-order valence-corrected chi connectivity index (χ1v) is 4.52. The topological polar surface area (TPSA) is 50.7 Å². The van der Waals surface area contributed by atoms with Crippen molar-refractivity contribution in [3.63, 3.8) is 0 Å². The van der Waals surface area contributed by atoms with Gasteiger partial charge in [-0.05, 0) is 25.3 Å². The molecule has 0 aromatic carbocycles. The van der Waals surface area contributed by atoms with Gasteiger partial charge in [-0.2, -0.15) is 0 Å². The molecule has 0 saturated carbocycles. The van der Waals surface area contributed by atoms with Crippen LogP contribution in [-0.2, 0) is 0 Å². The number of rotatable bonds is 3. The minimum absolute atomic E-state index is 1.00. The summed E-state index contributed by atoms with van der Waals surface area (Å²) in [5.41, 5.74) is 7.53. The van der Waals surface area contributed by atoms with Gasteiger partial charge in [0, 0.05) is 5.70 Å². The molecule has 0 heterocycles. The van der Waals surface area contributed by atoms with Gasteiger partial charge in [-0.3, -0.25) is 0 Å². The molecule has 3 nitrogen and oxygen atoms in total. The van der Waals surface area contributed by atoms with Gasteiger partial charge in [-0.25, -0.2) is 9.98 Å². The Balaban J connectivity index is 2.60. The molecule has 0 radical (unpaired) electrons. The minimum atomic E-state index is 1.00. The lowest BCUT2D eigenvalue weighted by molar-refractivity contribution is 0.912. The second kappa shape index (κ2) is 5.30. The number of hydrogen-bond donors (Lipinski definition) is 1. The van der Waals surface area contributed by atoms with Crippen LogP contribution in [0.25, 0.3) is 0 Å². The van der Waals surface area contributed by atoms with Crippen LogP contribution in [-0.4, -0.2) is 12.7 Å². The van der Waals surface area contributed by atoms with Gasteiger partial charge in [0.25, 0.3) is 0 Å². The van der Waals surface area contributed by atoms with E-state index in [0.29, 0.717) is 0 Å². The fourth-order valence-electron chi connectivity index (χ4n) is 1.24. The lowest BCUT2D eigenvalue weighted by Gasteiger charge is -2.07. The van der Waals surface area contributed by atoms with Crippen LogP contribution >= 0.6 is 0 Å². The standard InChI is InChI=1S/C10H15N3/c1-2-9-4-3-5-10(6-9)13-8-12-7-11/h4,6-8H,2-3,5H2,1H3,(H2,11,12,13). The Hall–Kier alpha value is -1.38. The highest BCUT2D eigenvalue weighted by Gasteiger charge is 2.01. The molecule has 0 aromatic rings. The molecule has 13 heavy (non-hydrogen) atoms. The molecule has 0 bridgehead atoms. The maximum absolute atomic E-state index is 5.08. The Morgan fingerprint density at radius 3 is 3.15 bits per heavy atom. The van der Waals surface area contributed by atoms with Crippen molar-refractivity contribution >= 4 is 12.7 Å². The zero-order chi connectivity index (χ0) is 9.52. The first-order valence-electron chi connectivity index (χ1n) is 4.52. The second-order valence-electron chi connectivity index (χ2n) is 2.85. The van der Waals surface area contributed by atoms with Crippen LogP contribution in [0.5, 0.6) is 0 Å². The summed E-state index contributed by atoms with van der Waals surface area (Å²) < 4.78 is 0. The number of allylic oxidation sites excluding steroid dienone is 4. The van der Waals surface area contributed by atoms with E-state index < -0.39 is 0 Å². The average Bonchev–Trinajstić information content (AvgIpc) is 2.19. The highest BCUT2D eigenvalue weighted by Crippen LogP contribution is 2.19. The van der Waals surface area contributed by atoms with E-state index in [1.54, 1.807) is 0 Å². The van der Waals surface area contributed by atoms with Gasteiger partial charge in [0.2, 0.25) is 0 Å². The number of nitrogens with two attached hydrogens (primary N) is 1. The van der Waals surface area contributed by atoms with E-state index in [2.05, 4.69) is 29.1 Å². The molecule has 2 N–H and O–H groups in total. The fraction of sp³-hybridized carbons (Fsp3) is 0.400. The smallest absolute Gasteiger partial charge is 0.117 e. The molecular formula is C10H15N3. The molecule has 0 spiro atoms. The summed E-state index contributed by atoms with van der Waals surface area (Å²) in [4.78, 5) is 7.91. The predicted octanol–water partition coefficient (Wildman–Crippen LogP) is 2.02. The number of nitrogens with zero attached hydrogens (tertiary/aromatic N) is 2. The van der Waals surface area contributed by atoms with E-state index in [0.717, 1.165) is 25.0 Å². The first kappa shape index (κ1) is 9.71. The normalized spacial score (nSPS) is 17.9. The van der Waals surface area contributed by atoms with Crippen molar-refractivity contribution in [1.29, 1.82) is 0 Å². The van der Waals surface area contributed by atoms with Crippen molar-refractivity contribution in [3.8, 4) is 0 Å². The third-order valence-electron chi connectivity index (χ3n) is 1.94. The van der Waals surface area contributed by atoms with Gasteiger partial charge < -0.3 is 5.73 Å². The molecule has 0 unspecified atom stereocenters. The van der Waals surface area contributed by atoms with Gasteiger partial charge >= 0.3 is 0 Å². The summed E-state index contributed by atoms with van der Waals surface area (Å²) in [6.45, 7) is 2.15. The third-order valence-corrected chi connectivity index (χ3v) is 1.94. The van der Waals surface area contributed by atoms with Crippen molar-refractivity contribution in [3.05, 3.63) is 23.4 Å². The molecule has 1 rings (SSSR count). The molecular weight excluding hydrogens is 162 g/mol. The van der Waals surface area contributed by atoms with Crippen LogP contribution in [0.1, 0.15) is 26.2 Å².